The molecule has 2 nitrogen and oxygen atoms in total. The van der Waals surface area contributed by atoms with Gasteiger partial charge in [0.2, 0.25) is 0 Å². The summed E-state index contributed by atoms with van der Waals surface area (Å²) >= 11 is 0. The van der Waals surface area contributed by atoms with Crippen LogP contribution in [0.25, 0.3) is 10.9 Å². The van der Waals surface area contributed by atoms with Crippen LogP contribution in [-0.4, -0.2) is 6.54 Å². The molecule has 1 heterocycles. The second-order valence-corrected chi connectivity index (χ2v) is 5.69. The van der Waals surface area contributed by atoms with Crippen LogP contribution in [0, 0.1) is 6.92 Å². The van der Waals surface area contributed by atoms with Crippen LogP contribution >= 0.6 is 0 Å². The second-order valence-electron chi connectivity index (χ2n) is 5.69. The van der Waals surface area contributed by atoms with Crippen LogP contribution < -0.4 is 9.88 Å². The van der Waals surface area contributed by atoms with Gasteiger partial charge in [0.25, 0.3) is 5.82 Å². The average molecular weight is 291 g/mol. The standard InChI is InChI=1S/C20H22N2/c1-3-22-19-11-9-16(2)15-18(19)10-12-20(22)21-14-13-17-7-5-4-6-8-17/h4-12,15H,3,13-14H2,1-2H3/p+1. The fraction of sp³-hybridized carbons (Fsp3) is 0.250. The lowest BCUT2D eigenvalue weighted by molar-refractivity contribution is -0.653. The lowest BCUT2D eigenvalue weighted by atomic mass is 10.1. The summed E-state index contributed by atoms with van der Waals surface area (Å²) in [5, 5.41) is 4.88. The number of nitrogens with one attached hydrogen (secondary N) is 1. The van der Waals surface area contributed by atoms with Crippen molar-refractivity contribution < 1.29 is 4.57 Å². The molecule has 112 valence electrons. The van der Waals surface area contributed by atoms with Gasteiger partial charge < -0.3 is 0 Å². The number of benzene rings is 2. The van der Waals surface area contributed by atoms with Gasteiger partial charge in [0, 0.05) is 17.9 Å². The van der Waals surface area contributed by atoms with Gasteiger partial charge in [-0.1, -0.05) is 42.0 Å². The largest absolute Gasteiger partial charge is 0.274 e. The maximum absolute atomic E-state index is 3.58. The van der Waals surface area contributed by atoms with Gasteiger partial charge in [0.15, 0.2) is 0 Å². The molecule has 0 bridgehead atoms. The number of aryl methyl sites for hydroxylation is 2. The summed E-state index contributed by atoms with van der Waals surface area (Å²) < 4.78 is 2.35. The molecule has 0 unspecified atom stereocenters. The van der Waals surface area contributed by atoms with Gasteiger partial charge in [0.05, 0.1) is 13.1 Å². The Labute approximate surface area is 132 Å². The minimum Gasteiger partial charge on any atom is -0.274 e. The molecule has 2 aromatic carbocycles. The predicted octanol–water partition coefficient (Wildman–Crippen LogP) is 4.11. The molecule has 0 spiro atoms. The third-order valence-corrected chi connectivity index (χ3v) is 4.06. The molecule has 0 fully saturated rings. The quantitative estimate of drug-likeness (QED) is 0.700. The van der Waals surface area contributed by atoms with E-state index in [1.54, 1.807) is 0 Å². The summed E-state index contributed by atoms with van der Waals surface area (Å²) in [6.07, 6.45) is 1.04. The van der Waals surface area contributed by atoms with Crippen LogP contribution in [0.3, 0.4) is 0 Å². The van der Waals surface area contributed by atoms with Crippen molar-refractivity contribution in [3.63, 3.8) is 0 Å². The highest BCUT2D eigenvalue weighted by atomic mass is 15.1. The van der Waals surface area contributed by atoms with Crippen LogP contribution in [-0.2, 0) is 13.0 Å². The molecular weight excluding hydrogens is 268 g/mol. The third-order valence-electron chi connectivity index (χ3n) is 4.06. The molecule has 3 rings (SSSR count). The predicted molar refractivity (Wildman–Crippen MR) is 93.2 cm³/mol. The number of fused-ring (bicyclic) bond motifs is 1. The molecule has 0 aliphatic carbocycles. The lowest BCUT2D eigenvalue weighted by Crippen LogP contribution is -2.37. The van der Waals surface area contributed by atoms with Crippen molar-refractivity contribution >= 4 is 16.7 Å². The van der Waals surface area contributed by atoms with E-state index < -0.39 is 0 Å². The van der Waals surface area contributed by atoms with Crippen molar-refractivity contribution in [1.82, 2.24) is 0 Å². The fourth-order valence-corrected chi connectivity index (χ4v) is 2.92. The van der Waals surface area contributed by atoms with Crippen LogP contribution in [0.15, 0.2) is 60.7 Å². The van der Waals surface area contributed by atoms with Gasteiger partial charge >= 0.3 is 0 Å². The Morgan fingerprint density at radius 2 is 1.77 bits per heavy atom. The van der Waals surface area contributed by atoms with E-state index in [1.807, 2.05) is 0 Å². The molecule has 0 amide bonds. The zero-order chi connectivity index (χ0) is 15.4. The summed E-state index contributed by atoms with van der Waals surface area (Å²) in [5.74, 6) is 1.19. The lowest BCUT2D eigenvalue weighted by Gasteiger charge is -2.09. The van der Waals surface area contributed by atoms with Crippen LogP contribution in [0.4, 0.5) is 5.82 Å². The SMILES string of the molecule is CC[n+]1c(NCCc2ccccc2)ccc2cc(C)ccc21. The minimum atomic E-state index is 0.946. The Kier molecular flexibility index (Phi) is 4.38. The molecule has 22 heavy (non-hydrogen) atoms. The van der Waals surface area contributed by atoms with Crippen molar-refractivity contribution in [3.05, 3.63) is 71.8 Å². The highest BCUT2D eigenvalue weighted by Gasteiger charge is 2.11. The summed E-state index contributed by atoms with van der Waals surface area (Å²) in [6.45, 7) is 6.25. The number of pyridine rings is 1. The van der Waals surface area contributed by atoms with Crippen molar-refractivity contribution in [2.24, 2.45) is 0 Å². The monoisotopic (exact) mass is 291 g/mol. The van der Waals surface area contributed by atoms with Gasteiger partial charge in [-0.2, -0.15) is 0 Å². The Bertz CT molecular complexity index is 763. The van der Waals surface area contributed by atoms with E-state index in [0.717, 1.165) is 19.5 Å². The van der Waals surface area contributed by atoms with Crippen molar-refractivity contribution in [2.45, 2.75) is 26.8 Å². The molecule has 0 radical (unpaired) electrons. The molecular formula is C20H23N2+. The molecule has 3 aromatic rings. The maximum Gasteiger partial charge on any atom is 0.274 e. The number of hydrogen-bond acceptors (Lipinski definition) is 1. The van der Waals surface area contributed by atoms with Gasteiger partial charge in [-0.15, -0.1) is 0 Å². The summed E-state index contributed by atoms with van der Waals surface area (Å²) in [4.78, 5) is 0. The summed E-state index contributed by atoms with van der Waals surface area (Å²) in [5.41, 5.74) is 3.97. The van der Waals surface area contributed by atoms with Crippen molar-refractivity contribution in [1.29, 1.82) is 0 Å². The molecule has 0 saturated carbocycles. The van der Waals surface area contributed by atoms with Crippen molar-refractivity contribution in [3.8, 4) is 0 Å². The molecule has 0 atom stereocenters. The van der Waals surface area contributed by atoms with Gasteiger partial charge in [-0.25, -0.2) is 4.57 Å². The van der Waals surface area contributed by atoms with E-state index in [9.17, 15) is 0 Å². The first-order chi connectivity index (χ1) is 10.8. The van der Waals surface area contributed by atoms with Crippen LogP contribution in [0.5, 0.6) is 0 Å². The highest BCUT2D eigenvalue weighted by molar-refractivity contribution is 5.77. The number of rotatable bonds is 5. The van der Waals surface area contributed by atoms with E-state index in [1.165, 1.54) is 27.8 Å². The van der Waals surface area contributed by atoms with E-state index in [2.05, 4.69) is 84.4 Å². The molecule has 0 saturated heterocycles. The van der Waals surface area contributed by atoms with Crippen molar-refractivity contribution in [2.75, 3.05) is 11.9 Å². The first-order valence-corrected chi connectivity index (χ1v) is 7.99. The van der Waals surface area contributed by atoms with E-state index in [-0.39, 0.29) is 0 Å². The normalized spacial score (nSPS) is 10.8. The van der Waals surface area contributed by atoms with Gasteiger partial charge in [-0.05, 0) is 37.6 Å². The molecule has 1 aromatic heterocycles. The number of aromatic nitrogens is 1. The average Bonchev–Trinajstić information content (AvgIpc) is 2.55. The minimum absolute atomic E-state index is 0.946. The summed E-state index contributed by atoms with van der Waals surface area (Å²) in [7, 11) is 0. The molecule has 1 N–H and O–H groups in total. The number of anilines is 1. The third kappa shape index (κ3) is 3.11. The molecule has 0 aliphatic rings. The Balaban J connectivity index is 1.80. The zero-order valence-corrected chi connectivity index (χ0v) is 13.3. The Morgan fingerprint density at radius 3 is 2.55 bits per heavy atom. The van der Waals surface area contributed by atoms with Crippen LogP contribution in [0.1, 0.15) is 18.1 Å². The van der Waals surface area contributed by atoms with Crippen LogP contribution in [0.2, 0.25) is 0 Å². The smallest absolute Gasteiger partial charge is 0.274 e. The fourth-order valence-electron chi connectivity index (χ4n) is 2.92. The van der Waals surface area contributed by atoms with Gasteiger partial charge in [-0.3, -0.25) is 5.32 Å². The highest BCUT2D eigenvalue weighted by Crippen LogP contribution is 2.15. The first-order valence-electron chi connectivity index (χ1n) is 7.99. The Hall–Kier alpha value is -2.35. The molecule has 2 heteroatoms. The summed E-state index contributed by atoms with van der Waals surface area (Å²) in [6, 6.07) is 21.7. The van der Waals surface area contributed by atoms with Gasteiger partial charge in [0.1, 0.15) is 5.52 Å². The number of nitrogens with zero attached hydrogens (tertiary/aromatic N) is 1. The Morgan fingerprint density at radius 1 is 0.955 bits per heavy atom. The maximum atomic E-state index is 3.58. The first kappa shape index (κ1) is 14.6. The molecule has 0 aliphatic heterocycles. The number of hydrogen-bond donors (Lipinski definition) is 1. The van der Waals surface area contributed by atoms with E-state index >= 15 is 0 Å². The zero-order valence-electron chi connectivity index (χ0n) is 13.3. The van der Waals surface area contributed by atoms with E-state index in [4.69, 9.17) is 0 Å². The second kappa shape index (κ2) is 6.61. The topological polar surface area (TPSA) is 15.9 Å². The van der Waals surface area contributed by atoms with E-state index in [0.29, 0.717) is 0 Å².